The second-order valence-corrected chi connectivity index (χ2v) is 11.3. The minimum atomic E-state index is -0.501. The lowest BCUT2D eigenvalue weighted by molar-refractivity contribution is 0.0888. The van der Waals surface area contributed by atoms with Gasteiger partial charge < -0.3 is 24.3 Å². The minimum Gasteiger partial charge on any atom is -0.497 e. The van der Waals surface area contributed by atoms with Gasteiger partial charge in [-0.1, -0.05) is 35.3 Å². The summed E-state index contributed by atoms with van der Waals surface area (Å²) >= 11 is 12.5. The summed E-state index contributed by atoms with van der Waals surface area (Å²) in [5, 5.41) is 3.39. The van der Waals surface area contributed by atoms with E-state index in [0.717, 1.165) is 29.8 Å². The quantitative estimate of drug-likeness (QED) is 0.142. The monoisotopic (exact) mass is 638 g/mol. The van der Waals surface area contributed by atoms with E-state index in [9.17, 15) is 9.18 Å². The van der Waals surface area contributed by atoms with Crippen LogP contribution in [0.1, 0.15) is 40.4 Å². The number of aromatic nitrogens is 1. The molecular formula is C34H33Cl2FN2O5. The molecule has 1 amide bonds. The fraction of sp³-hybridized carbons (Fsp3) is 0.294. The lowest BCUT2D eigenvalue weighted by Crippen LogP contribution is -2.29. The van der Waals surface area contributed by atoms with Crippen LogP contribution in [0.5, 0.6) is 17.2 Å². The first-order valence-electron chi connectivity index (χ1n) is 14.3. The van der Waals surface area contributed by atoms with Gasteiger partial charge in [0.25, 0.3) is 5.91 Å². The van der Waals surface area contributed by atoms with Gasteiger partial charge in [0.1, 0.15) is 35.4 Å². The molecule has 44 heavy (non-hydrogen) atoms. The Bertz CT molecular complexity index is 1600. The van der Waals surface area contributed by atoms with Crippen LogP contribution < -0.4 is 19.5 Å². The number of benzene rings is 3. The number of hydrogen-bond acceptors (Lipinski definition) is 6. The van der Waals surface area contributed by atoms with E-state index < -0.39 is 5.82 Å². The van der Waals surface area contributed by atoms with Crippen LogP contribution in [-0.2, 0) is 11.3 Å². The molecule has 0 saturated heterocycles. The fourth-order valence-corrected chi connectivity index (χ4v) is 5.30. The summed E-state index contributed by atoms with van der Waals surface area (Å²) in [5.41, 5.74) is 3.49. The van der Waals surface area contributed by atoms with Crippen molar-refractivity contribution in [3.8, 4) is 28.5 Å². The average Bonchev–Trinajstić information content (AvgIpc) is 3.88. The molecule has 1 aromatic heterocycles. The lowest BCUT2D eigenvalue weighted by Gasteiger charge is -2.19. The fourth-order valence-electron chi connectivity index (χ4n) is 4.88. The maximum atomic E-state index is 13.8. The molecule has 1 aliphatic carbocycles. The molecule has 1 heterocycles. The number of nitrogens with one attached hydrogen (secondary N) is 1. The number of methoxy groups -OCH3 is 2. The predicted molar refractivity (Wildman–Crippen MR) is 169 cm³/mol. The Morgan fingerprint density at radius 2 is 1.70 bits per heavy atom. The van der Waals surface area contributed by atoms with Crippen LogP contribution in [-0.4, -0.2) is 44.9 Å². The molecule has 1 N–H and O–H groups in total. The number of nitrogens with zero attached hydrogens (tertiary/aromatic N) is 1. The van der Waals surface area contributed by atoms with Crippen LogP contribution in [0.3, 0.4) is 0 Å². The van der Waals surface area contributed by atoms with Gasteiger partial charge in [0.2, 0.25) is 0 Å². The third kappa shape index (κ3) is 8.00. The maximum absolute atomic E-state index is 13.8. The molecular weight excluding hydrogens is 606 g/mol. The highest BCUT2D eigenvalue weighted by atomic mass is 35.5. The van der Waals surface area contributed by atoms with Crippen molar-refractivity contribution in [3.05, 3.63) is 105 Å². The molecule has 3 aromatic carbocycles. The van der Waals surface area contributed by atoms with Crippen LogP contribution in [0, 0.1) is 11.7 Å². The first-order valence-corrected chi connectivity index (χ1v) is 15.0. The van der Waals surface area contributed by atoms with Crippen LogP contribution in [0.4, 0.5) is 4.39 Å². The summed E-state index contributed by atoms with van der Waals surface area (Å²) in [7, 11) is 3.19. The van der Waals surface area contributed by atoms with E-state index in [4.69, 9.17) is 47.1 Å². The number of ether oxygens (including phenoxy) is 4. The van der Waals surface area contributed by atoms with Gasteiger partial charge in [0.05, 0.1) is 37.5 Å². The first kappa shape index (κ1) is 31.6. The van der Waals surface area contributed by atoms with Gasteiger partial charge in [-0.15, -0.1) is 0 Å². The van der Waals surface area contributed by atoms with Crippen LogP contribution >= 0.6 is 23.2 Å². The second kappa shape index (κ2) is 14.8. The molecule has 1 atom stereocenters. The van der Waals surface area contributed by atoms with Crippen molar-refractivity contribution in [1.29, 1.82) is 0 Å². The third-order valence-electron chi connectivity index (χ3n) is 7.45. The highest BCUT2D eigenvalue weighted by Gasteiger charge is 2.34. The predicted octanol–water partition coefficient (Wildman–Crippen LogP) is 7.73. The molecule has 1 aliphatic rings. The Kier molecular flexibility index (Phi) is 10.6. The van der Waals surface area contributed by atoms with E-state index in [1.807, 2.05) is 36.4 Å². The molecule has 0 aliphatic heterocycles. The number of rotatable bonds is 14. The lowest BCUT2D eigenvalue weighted by atomic mass is 9.97. The molecule has 5 rings (SSSR count). The molecule has 10 heteroatoms. The van der Waals surface area contributed by atoms with E-state index in [-0.39, 0.29) is 16.8 Å². The van der Waals surface area contributed by atoms with Gasteiger partial charge in [-0.05, 0) is 85.0 Å². The van der Waals surface area contributed by atoms with Crippen molar-refractivity contribution >= 4 is 29.1 Å². The SMILES string of the molecule is COc1ccc(COCCOc2ccc(C(=O)NCC(c3ccc(OC)c(-c4ccc(F)c(Cl)c4)n3)C3CC3)cc2Cl)cc1. The van der Waals surface area contributed by atoms with Crippen LogP contribution in [0.15, 0.2) is 72.8 Å². The molecule has 4 aromatic rings. The maximum Gasteiger partial charge on any atom is 0.251 e. The van der Waals surface area contributed by atoms with Gasteiger partial charge in [0.15, 0.2) is 0 Å². The zero-order valence-electron chi connectivity index (χ0n) is 24.4. The Hall–Kier alpha value is -3.85. The minimum absolute atomic E-state index is 0.00415. The Balaban J connectivity index is 1.17. The van der Waals surface area contributed by atoms with Crippen LogP contribution in [0.2, 0.25) is 10.0 Å². The summed E-state index contributed by atoms with van der Waals surface area (Å²) in [5.74, 6) is 1.47. The van der Waals surface area contributed by atoms with Gasteiger partial charge in [0, 0.05) is 29.3 Å². The largest absolute Gasteiger partial charge is 0.497 e. The van der Waals surface area contributed by atoms with Gasteiger partial charge in [-0.2, -0.15) is 0 Å². The number of carbonyl (C=O) groups excluding carboxylic acids is 1. The number of amides is 1. The van der Waals surface area contributed by atoms with E-state index in [1.54, 1.807) is 38.5 Å². The zero-order valence-corrected chi connectivity index (χ0v) is 26.0. The van der Waals surface area contributed by atoms with Crippen molar-refractivity contribution in [2.24, 2.45) is 5.92 Å². The van der Waals surface area contributed by atoms with Gasteiger partial charge in [-0.3, -0.25) is 4.79 Å². The van der Waals surface area contributed by atoms with Crippen molar-refractivity contribution in [2.45, 2.75) is 25.4 Å². The van der Waals surface area contributed by atoms with E-state index >= 15 is 0 Å². The molecule has 0 radical (unpaired) electrons. The smallest absolute Gasteiger partial charge is 0.251 e. The summed E-state index contributed by atoms with van der Waals surface area (Å²) in [6.45, 7) is 1.54. The summed E-state index contributed by atoms with van der Waals surface area (Å²) in [6.07, 6.45) is 2.10. The first-order chi connectivity index (χ1) is 21.4. The Morgan fingerprint density at radius 3 is 2.39 bits per heavy atom. The van der Waals surface area contributed by atoms with Crippen molar-refractivity contribution in [2.75, 3.05) is 34.0 Å². The number of carbonyl (C=O) groups is 1. The highest BCUT2D eigenvalue weighted by molar-refractivity contribution is 6.32. The Morgan fingerprint density at radius 1 is 0.932 bits per heavy atom. The molecule has 1 saturated carbocycles. The molecule has 230 valence electrons. The molecule has 0 spiro atoms. The van der Waals surface area contributed by atoms with Crippen molar-refractivity contribution < 1.29 is 28.1 Å². The molecule has 1 unspecified atom stereocenters. The molecule has 1 fully saturated rings. The third-order valence-corrected chi connectivity index (χ3v) is 8.04. The van der Waals surface area contributed by atoms with E-state index in [0.29, 0.717) is 65.6 Å². The highest BCUT2D eigenvalue weighted by Crippen LogP contribution is 2.43. The van der Waals surface area contributed by atoms with E-state index in [1.165, 1.54) is 12.1 Å². The zero-order chi connectivity index (χ0) is 31.1. The average molecular weight is 640 g/mol. The Labute approximate surface area is 266 Å². The topological polar surface area (TPSA) is 78.9 Å². The van der Waals surface area contributed by atoms with Crippen molar-refractivity contribution in [1.82, 2.24) is 10.3 Å². The normalized spacial score (nSPS) is 13.3. The number of pyridine rings is 1. The van der Waals surface area contributed by atoms with Gasteiger partial charge in [-0.25, -0.2) is 9.37 Å². The standard InChI is InChI=1S/C34H33Cl2FN2O5/c1-41-25-9-3-21(4-10-25)20-43-15-16-44-31-13-8-24(18-28(31)36)34(40)38-19-26(22-5-6-22)30-12-14-32(42-2)33(39-30)23-7-11-29(37)27(35)17-23/h3-4,7-14,17-18,22,26H,5-6,15-16,19-20H2,1-2H3,(H,38,40). The molecule has 0 bridgehead atoms. The number of halogens is 3. The summed E-state index contributed by atoms with van der Waals surface area (Å²) < 4.78 is 35.9. The van der Waals surface area contributed by atoms with Crippen LogP contribution in [0.25, 0.3) is 11.3 Å². The number of hydrogen-bond donors (Lipinski definition) is 1. The second-order valence-electron chi connectivity index (χ2n) is 10.5. The van der Waals surface area contributed by atoms with E-state index in [2.05, 4.69) is 5.32 Å². The summed E-state index contributed by atoms with van der Waals surface area (Å²) in [6, 6.07) is 20.8. The summed E-state index contributed by atoms with van der Waals surface area (Å²) in [4.78, 5) is 18.0. The van der Waals surface area contributed by atoms with Crippen molar-refractivity contribution in [3.63, 3.8) is 0 Å². The molecule has 7 nitrogen and oxygen atoms in total. The van der Waals surface area contributed by atoms with Gasteiger partial charge >= 0.3 is 0 Å².